The Labute approximate surface area is 168 Å². The Balaban J connectivity index is 1.57. The maximum Gasteiger partial charge on any atom is 0.257 e. The molecule has 1 aliphatic rings. The van der Waals surface area contributed by atoms with E-state index < -0.39 is 5.82 Å². The van der Waals surface area contributed by atoms with Crippen molar-refractivity contribution in [3.63, 3.8) is 0 Å². The highest BCUT2D eigenvalue weighted by molar-refractivity contribution is 6.33. The summed E-state index contributed by atoms with van der Waals surface area (Å²) in [4.78, 5) is 14.9. The Morgan fingerprint density at radius 1 is 1.46 bits per heavy atom. The maximum absolute atomic E-state index is 14.2. The molecular weight excluding hydrogens is 385 g/mol. The van der Waals surface area contributed by atoms with Crippen LogP contribution in [-0.4, -0.2) is 53.4 Å². The number of aliphatic hydroxyl groups excluding tert-OH is 1. The van der Waals surface area contributed by atoms with E-state index in [2.05, 4.69) is 15.4 Å². The number of aliphatic hydroxyl groups is 1. The monoisotopic (exact) mass is 409 g/mol. The number of aryl methyl sites for hydroxylation is 1. The number of nitrogens with zero attached hydrogens (tertiary/aromatic N) is 2. The highest BCUT2D eigenvalue weighted by Gasteiger charge is 2.25. The first kappa shape index (κ1) is 20.8. The average molecular weight is 410 g/mol. The molecule has 0 aliphatic carbocycles. The van der Waals surface area contributed by atoms with Crippen LogP contribution in [0, 0.1) is 12.7 Å². The Morgan fingerprint density at radius 3 is 3.04 bits per heavy atom. The summed E-state index contributed by atoms with van der Waals surface area (Å²) in [5.41, 5.74) is 0.378. The van der Waals surface area contributed by atoms with Gasteiger partial charge in [-0.05, 0) is 57.8 Å². The molecule has 1 amide bonds. The lowest BCUT2D eigenvalue weighted by Crippen LogP contribution is -2.33. The Kier molecular flexibility index (Phi) is 7.04. The fraction of sp³-hybridized carbons (Fsp3) is 0.500. The molecule has 1 aromatic heterocycles. The molecule has 6 nitrogen and oxygen atoms in total. The molecule has 1 atom stereocenters. The Hall–Kier alpha value is -1.96. The van der Waals surface area contributed by atoms with Gasteiger partial charge in [0.1, 0.15) is 22.8 Å². The molecule has 3 rings (SSSR count). The van der Waals surface area contributed by atoms with Crippen LogP contribution >= 0.6 is 11.6 Å². The van der Waals surface area contributed by atoms with Gasteiger partial charge in [-0.25, -0.2) is 4.39 Å². The van der Waals surface area contributed by atoms with Gasteiger partial charge in [0.25, 0.3) is 5.91 Å². The molecule has 2 aromatic rings. The molecule has 8 heteroatoms. The van der Waals surface area contributed by atoms with Crippen molar-refractivity contribution in [3.05, 3.63) is 40.4 Å². The van der Waals surface area contributed by atoms with E-state index in [4.69, 9.17) is 16.1 Å². The summed E-state index contributed by atoms with van der Waals surface area (Å²) >= 11 is 6.11. The number of halogens is 2. The van der Waals surface area contributed by atoms with E-state index in [0.29, 0.717) is 12.3 Å². The van der Waals surface area contributed by atoms with Crippen LogP contribution in [0.5, 0.6) is 0 Å². The number of benzene rings is 1. The molecule has 2 N–H and O–H groups in total. The number of unbranched alkanes of at least 4 members (excludes halogenated alkanes) is 1. The summed E-state index contributed by atoms with van der Waals surface area (Å²) in [7, 11) is 0. The lowest BCUT2D eigenvalue weighted by atomic mass is 10.0. The van der Waals surface area contributed by atoms with Gasteiger partial charge >= 0.3 is 0 Å². The summed E-state index contributed by atoms with van der Waals surface area (Å²) in [6, 6.07) is 4.58. The number of carbonyl (C=O) groups excluding carboxylic acids is 1. The predicted octanol–water partition coefficient (Wildman–Crippen LogP) is 3.41. The molecule has 1 aromatic carbocycles. The highest BCUT2D eigenvalue weighted by Crippen LogP contribution is 2.33. The number of rotatable bonds is 8. The van der Waals surface area contributed by atoms with E-state index in [1.54, 1.807) is 13.0 Å². The van der Waals surface area contributed by atoms with Crippen molar-refractivity contribution in [1.29, 1.82) is 0 Å². The molecule has 1 saturated heterocycles. The van der Waals surface area contributed by atoms with Gasteiger partial charge in [0.15, 0.2) is 0 Å². The van der Waals surface area contributed by atoms with Gasteiger partial charge < -0.3 is 14.9 Å². The van der Waals surface area contributed by atoms with Gasteiger partial charge in [0.2, 0.25) is 0 Å². The Morgan fingerprint density at radius 2 is 2.29 bits per heavy atom. The van der Waals surface area contributed by atoms with Crippen molar-refractivity contribution in [2.75, 3.05) is 26.2 Å². The molecule has 0 unspecified atom stereocenters. The predicted molar refractivity (Wildman–Crippen MR) is 105 cm³/mol. The van der Waals surface area contributed by atoms with Gasteiger partial charge in [-0.3, -0.25) is 9.69 Å². The number of nitrogens with one attached hydrogen (secondary N) is 1. The summed E-state index contributed by atoms with van der Waals surface area (Å²) in [6.45, 7) is 4.23. The number of aromatic nitrogens is 1. The van der Waals surface area contributed by atoms with Crippen LogP contribution in [0.2, 0.25) is 5.02 Å². The smallest absolute Gasteiger partial charge is 0.257 e. The lowest BCUT2D eigenvalue weighted by Gasteiger charge is -2.22. The van der Waals surface area contributed by atoms with Gasteiger partial charge in [-0.1, -0.05) is 22.8 Å². The van der Waals surface area contributed by atoms with Gasteiger partial charge in [-0.15, -0.1) is 0 Å². The number of hydrogen-bond donors (Lipinski definition) is 2. The van der Waals surface area contributed by atoms with E-state index in [9.17, 15) is 14.3 Å². The molecule has 1 fully saturated rings. The molecule has 2 heterocycles. The topological polar surface area (TPSA) is 78.6 Å². The Bertz CT molecular complexity index is 807. The molecule has 0 saturated carbocycles. The normalized spacial score (nSPS) is 17.2. The van der Waals surface area contributed by atoms with E-state index in [0.717, 1.165) is 38.8 Å². The zero-order valence-electron chi connectivity index (χ0n) is 15.9. The minimum atomic E-state index is -0.557. The second-order valence-corrected chi connectivity index (χ2v) is 7.44. The lowest BCUT2D eigenvalue weighted by molar-refractivity contribution is 0.0951. The van der Waals surface area contributed by atoms with Crippen molar-refractivity contribution in [2.24, 2.45) is 0 Å². The summed E-state index contributed by atoms with van der Waals surface area (Å²) in [6.07, 6.45) is 3.89. The molecule has 152 valence electrons. The minimum absolute atomic E-state index is 0.0650. The number of hydrogen-bond acceptors (Lipinski definition) is 5. The summed E-state index contributed by atoms with van der Waals surface area (Å²) in [5.74, 6) is -0.601. The van der Waals surface area contributed by atoms with Crippen molar-refractivity contribution in [1.82, 2.24) is 15.4 Å². The fourth-order valence-electron chi connectivity index (χ4n) is 3.66. The molecule has 1 aliphatic heterocycles. The standard InChI is InChI=1S/C20H25ClFN3O3/c1-13-17(19(24-28-13)18-15(21)7-4-8-16(18)22)20(27)23-9-2-3-10-25-11-5-6-14(25)12-26/h4,7-8,14,26H,2-3,5-6,9-12H2,1H3,(H,23,27)/t14-/m0/s1. The third kappa shape index (κ3) is 4.54. The van der Waals surface area contributed by atoms with Gasteiger partial charge in [0.05, 0.1) is 17.2 Å². The average Bonchev–Trinajstić information content (AvgIpc) is 3.27. The fourth-order valence-corrected chi connectivity index (χ4v) is 3.91. The van der Waals surface area contributed by atoms with Crippen LogP contribution in [0.15, 0.2) is 22.7 Å². The van der Waals surface area contributed by atoms with E-state index in [1.807, 2.05) is 0 Å². The van der Waals surface area contributed by atoms with Crippen LogP contribution in [0.3, 0.4) is 0 Å². The number of carbonyl (C=O) groups is 1. The van der Waals surface area contributed by atoms with Crippen LogP contribution in [0.4, 0.5) is 4.39 Å². The minimum Gasteiger partial charge on any atom is -0.395 e. The molecule has 0 spiro atoms. The number of likely N-dealkylation sites (tertiary alicyclic amines) is 1. The second-order valence-electron chi connectivity index (χ2n) is 7.04. The molecular formula is C20H25ClFN3O3. The van der Waals surface area contributed by atoms with E-state index in [1.165, 1.54) is 12.1 Å². The third-order valence-corrected chi connectivity index (χ3v) is 5.47. The molecule has 0 radical (unpaired) electrons. The first-order chi connectivity index (χ1) is 13.5. The zero-order chi connectivity index (χ0) is 20.1. The maximum atomic E-state index is 14.2. The summed E-state index contributed by atoms with van der Waals surface area (Å²) < 4.78 is 19.4. The second kappa shape index (κ2) is 9.49. The number of amides is 1. The van der Waals surface area contributed by atoms with Gasteiger partial charge in [-0.2, -0.15) is 0 Å². The largest absolute Gasteiger partial charge is 0.395 e. The zero-order valence-corrected chi connectivity index (χ0v) is 16.6. The van der Waals surface area contributed by atoms with Crippen molar-refractivity contribution >= 4 is 17.5 Å². The van der Waals surface area contributed by atoms with Crippen LogP contribution in [0.1, 0.15) is 41.8 Å². The third-order valence-electron chi connectivity index (χ3n) is 5.16. The first-order valence-corrected chi connectivity index (χ1v) is 9.94. The van der Waals surface area contributed by atoms with Crippen LogP contribution < -0.4 is 5.32 Å². The molecule has 0 bridgehead atoms. The molecule has 28 heavy (non-hydrogen) atoms. The summed E-state index contributed by atoms with van der Waals surface area (Å²) in [5, 5.41) is 16.2. The van der Waals surface area contributed by atoms with Crippen LogP contribution in [0.25, 0.3) is 11.3 Å². The van der Waals surface area contributed by atoms with Crippen LogP contribution in [-0.2, 0) is 0 Å². The van der Waals surface area contributed by atoms with Crippen molar-refractivity contribution in [2.45, 2.75) is 38.6 Å². The van der Waals surface area contributed by atoms with Crippen molar-refractivity contribution in [3.8, 4) is 11.3 Å². The SMILES string of the molecule is Cc1onc(-c2c(F)cccc2Cl)c1C(=O)NCCCCN1CCC[C@H]1CO. The van der Waals surface area contributed by atoms with E-state index in [-0.39, 0.29) is 40.4 Å². The highest BCUT2D eigenvalue weighted by atomic mass is 35.5. The quantitative estimate of drug-likeness (QED) is 0.653. The van der Waals surface area contributed by atoms with Gasteiger partial charge in [0, 0.05) is 12.6 Å². The first-order valence-electron chi connectivity index (χ1n) is 9.56. The van der Waals surface area contributed by atoms with E-state index >= 15 is 0 Å². The van der Waals surface area contributed by atoms with Crippen molar-refractivity contribution < 1.29 is 18.8 Å².